The highest BCUT2D eigenvalue weighted by Crippen LogP contribution is 2.21. The van der Waals surface area contributed by atoms with Crippen molar-refractivity contribution in [3.8, 4) is 0 Å². The van der Waals surface area contributed by atoms with Crippen molar-refractivity contribution in [2.75, 3.05) is 18.1 Å². The van der Waals surface area contributed by atoms with Crippen LogP contribution in [0.4, 0.5) is 0 Å². The second-order valence-corrected chi connectivity index (χ2v) is 5.95. The van der Waals surface area contributed by atoms with Crippen molar-refractivity contribution in [3.63, 3.8) is 0 Å². The summed E-state index contributed by atoms with van der Waals surface area (Å²) in [6, 6.07) is 0. The molecule has 0 bridgehead atoms. The van der Waals surface area contributed by atoms with E-state index in [1.165, 1.54) is 36.6 Å². The van der Waals surface area contributed by atoms with Crippen molar-refractivity contribution in [1.82, 2.24) is 14.9 Å². The van der Waals surface area contributed by atoms with E-state index < -0.39 is 0 Å². The van der Waals surface area contributed by atoms with Crippen LogP contribution in [0.1, 0.15) is 32.0 Å². The Bertz CT molecular complexity index is 318. The van der Waals surface area contributed by atoms with Crippen LogP contribution in [0.5, 0.6) is 0 Å². The zero-order valence-electron chi connectivity index (χ0n) is 10.7. The lowest BCUT2D eigenvalue weighted by Crippen LogP contribution is -2.26. The lowest BCUT2D eigenvalue weighted by Gasteiger charge is -2.21. The molecule has 3 nitrogen and oxygen atoms in total. The van der Waals surface area contributed by atoms with Crippen molar-refractivity contribution >= 4 is 11.8 Å². The van der Waals surface area contributed by atoms with Crippen LogP contribution in [0.25, 0.3) is 0 Å². The monoisotopic (exact) mass is 253 g/mol. The number of hydrogen-bond donors (Lipinski definition) is 1. The lowest BCUT2D eigenvalue weighted by molar-refractivity contribution is 0.440. The SMILES string of the molecule is CCCn1ccnc1CNCC1CCSCC1. The Morgan fingerprint density at radius 2 is 2.29 bits per heavy atom. The van der Waals surface area contributed by atoms with Crippen LogP contribution in [0.15, 0.2) is 12.4 Å². The van der Waals surface area contributed by atoms with Gasteiger partial charge in [0.1, 0.15) is 5.82 Å². The Morgan fingerprint density at radius 1 is 1.47 bits per heavy atom. The van der Waals surface area contributed by atoms with E-state index in [0.717, 1.165) is 25.6 Å². The molecule has 96 valence electrons. The van der Waals surface area contributed by atoms with Crippen LogP contribution >= 0.6 is 11.8 Å². The van der Waals surface area contributed by atoms with Crippen LogP contribution in [0.2, 0.25) is 0 Å². The second-order valence-electron chi connectivity index (χ2n) is 4.72. The number of hydrogen-bond acceptors (Lipinski definition) is 3. The normalized spacial score (nSPS) is 17.5. The summed E-state index contributed by atoms with van der Waals surface area (Å²) >= 11 is 2.09. The van der Waals surface area contributed by atoms with Gasteiger partial charge in [0.2, 0.25) is 0 Å². The average Bonchev–Trinajstić information content (AvgIpc) is 2.79. The largest absolute Gasteiger partial charge is 0.334 e. The number of aryl methyl sites for hydroxylation is 1. The van der Waals surface area contributed by atoms with E-state index >= 15 is 0 Å². The molecular weight excluding hydrogens is 230 g/mol. The molecule has 1 saturated heterocycles. The van der Waals surface area contributed by atoms with Crippen LogP contribution in [0.3, 0.4) is 0 Å². The number of aromatic nitrogens is 2. The van der Waals surface area contributed by atoms with Crippen LogP contribution in [0, 0.1) is 5.92 Å². The van der Waals surface area contributed by atoms with Crippen molar-refractivity contribution in [1.29, 1.82) is 0 Å². The summed E-state index contributed by atoms with van der Waals surface area (Å²) in [4.78, 5) is 4.41. The molecule has 1 N–H and O–H groups in total. The van der Waals surface area contributed by atoms with Gasteiger partial charge < -0.3 is 9.88 Å². The third-order valence-corrected chi connectivity index (χ3v) is 4.37. The van der Waals surface area contributed by atoms with E-state index in [0.29, 0.717) is 0 Å². The summed E-state index contributed by atoms with van der Waals surface area (Å²) in [5.41, 5.74) is 0. The van der Waals surface area contributed by atoms with Crippen molar-refractivity contribution in [3.05, 3.63) is 18.2 Å². The van der Waals surface area contributed by atoms with Crippen LogP contribution in [-0.2, 0) is 13.1 Å². The zero-order chi connectivity index (χ0) is 11.9. The van der Waals surface area contributed by atoms with Gasteiger partial charge in [0.15, 0.2) is 0 Å². The smallest absolute Gasteiger partial charge is 0.122 e. The lowest BCUT2D eigenvalue weighted by atomic mass is 10.0. The first kappa shape index (κ1) is 13.0. The van der Waals surface area contributed by atoms with Gasteiger partial charge in [-0.2, -0.15) is 11.8 Å². The minimum Gasteiger partial charge on any atom is -0.334 e. The van der Waals surface area contributed by atoms with Gasteiger partial charge in [0, 0.05) is 18.9 Å². The Hall–Kier alpha value is -0.480. The summed E-state index contributed by atoms with van der Waals surface area (Å²) < 4.78 is 2.25. The fourth-order valence-corrected chi connectivity index (χ4v) is 3.49. The molecule has 0 atom stereocenters. The van der Waals surface area contributed by atoms with Gasteiger partial charge in [0.05, 0.1) is 6.54 Å². The Morgan fingerprint density at radius 3 is 3.06 bits per heavy atom. The highest BCUT2D eigenvalue weighted by atomic mass is 32.2. The summed E-state index contributed by atoms with van der Waals surface area (Å²) in [6.07, 6.45) is 7.91. The first-order chi connectivity index (χ1) is 8.40. The van der Waals surface area contributed by atoms with E-state index in [1.807, 2.05) is 6.20 Å². The Kier molecular flexibility index (Phi) is 5.39. The molecule has 0 unspecified atom stereocenters. The molecule has 2 heterocycles. The molecule has 1 aromatic heterocycles. The second kappa shape index (κ2) is 7.07. The standard InChI is InChI=1S/C13H23N3S/c1-2-6-16-7-5-15-13(16)11-14-10-12-3-8-17-9-4-12/h5,7,12,14H,2-4,6,8-11H2,1H3. The summed E-state index contributed by atoms with van der Waals surface area (Å²) in [7, 11) is 0. The molecule has 0 radical (unpaired) electrons. The van der Waals surface area contributed by atoms with Crippen molar-refractivity contribution in [2.45, 2.75) is 39.3 Å². The molecule has 1 aliphatic heterocycles. The van der Waals surface area contributed by atoms with E-state index in [9.17, 15) is 0 Å². The topological polar surface area (TPSA) is 29.9 Å². The molecule has 2 rings (SSSR count). The highest BCUT2D eigenvalue weighted by Gasteiger charge is 2.13. The summed E-state index contributed by atoms with van der Waals surface area (Å²) in [5.74, 6) is 4.75. The molecule has 0 aliphatic carbocycles. The third-order valence-electron chi connectivity index (χ3n) is 3.32. The molecular formula is C13H23N3S. The van der Waals surface area contributed by atoms with Gasteiger partial charge in [-0.3, -0.25) is 0 Å². The first-order valence-corrected chi connectivity index (χ1v) is 7.84. The minimum absolute atomic E-state index is 0.880. The predicted octanol–water partition coefficient (Wildman–Crippen LogP) is 2.53. The highest BCUT2D eigenvalue weighted by molar-refractivity contribution is 7.99. The Labute approximate surface area is 108 Å². The molecule has 0 amide bonds. The van der Waals surface area contributed by atoms with Gasteiger partial charge in [0.25, 0.3) is 0 Å². The van der Waals surface area contributed by atoms with Crippen LogP contribution in [-0.4, -0.2) is 27.6 Å². The molecule has 1 fully saturated rings. The molecule has 17 heavy (non-hydrogen) atoms. The van der Waals surface area contributed by atoms with Crippen molar-refractivity contribution in [2.24, 2.45) is 5.92 Å². The third kappa shape index (κ3) is 4.03. The predicted molar refractivity (Wildman–Crippen MR) is 74.3 cm³/mol. The average molecular weight is 253 g/mol. The van der Waals surface area contributed by atoms with Gasteiger partial charge in [-0.05, 0) is 43.2 Å². The Balaban J connectivity index is 1.71. The number of nitrogens with zero attached hydrogens (tertiary/aromatic N) is 2. The van der Waals surface area contributed by atoms with Gasteiger partial charge in [-0.1, -0.05) is 6.92 Å². The maximum absolute atomic E-state index is 4.41. The van der Waals surface area contributed by atoms with Gasteiger partial charge in [-0.15, -0.1) is 0 Å². The van der Waals surface area contributed by atoms with Crippen LogP contribution < -0.4 is 5.32 Å². The van der Waals surface area contributed by atoms with E-state index in [4.69, 9.17) is 0 Å². The maximum atomic E-state index is 4.41. The molecule has 1 aromatic rings. The number of imidazole rings is 1. The molecule has 1 aliphatic rings. The molecule has 4 heteroatoms. The van der Waals surface area contributed by atoms with E-state index in [1.54, 1.807) is 0 Å². The maximum Gasteiger partial charge on any atom is 0.122 e. The number of nitrogens with one attached hydrogen (secondary N) is 1. The minimum atomic E-state index is 0.880. The number of rotatable bonds is 6. The summed E-state index contributed by atoms with van der Waals surface area (Å²) in [6.45, 7) is 5.35. The van der Waals surface area contributed by atoms with Crippen molar-refractivity contribution < 1.29 is 0 Å². The zero-order valence-corrected chi connectivity index (χ0v) is 11.5. The molecule has 0 saturated carbocycles. The first-order valence-electron chi connectivity index (χ1n) is 6.68. The van der Waals surface area contributed by atoms with Gasteiger partial charge in [-0.25, -0.2) is 4.98 Å². The fourth-order valence-electron chi connectivity index (χ4n) is 2.29. The van der Waals surface area contributed by atoms with E-state index in [2.05, 4.69) is 39.8 Å². The number of thioether (sulfide) groups is 1. The molecule has 0 spiro atoms. The van der Waals surface area contributed by atoms with E-state index in [-0.39, 0.29) is 0 Å². The quantitative estimate of drug-likeness (QED) is 0.845. The van der Waals surface area contributed by atoms with Gasteiger partial charge >= 0.3 is 0 Å². The summed E-state index contributed by atoms with van der Waals surface area (Å²) in [5, 5.41) is 3.56. The molecule has 0 aromatic carbocycles. The fraction of sp³-hybridized carbons (Fsp3) is 0.769.